The van der Waals surface area contributed by atoms with Crippen LogP contribution in [0.1, 0.15) is 29.4 Å². The van der Waals surface area contributed by atoms with Crippen molar-refractivity contribution in [3.63, 3.8) is 0 Å². The van der Waals surface area contributed by atoms with Gasteiger partial charge in [0.2, 0.25) is 0 Å². The molecule has 0 aliphatic carbocycles. The van der Waals surface area contributed by atoms with E-state index >= 15 is 0 Å². The molecule has 2 aromatic rings. The second-order valence-electron chi connectivity index (χ2n) is 4.90. The summed E-state index contributed by atoms with van der Waals surface area (Å²) in [6, 6.07) is 0. The van der Waals surface area contributed by atoms with Crippen LogP contribution in [-0.2, 0) is 13.1 Å². The highest BCUT2D eigenvalue weighted by molar-refractivity contribution is 7.11. The SMILES string of the molecule is Cc1cnc(Cn2cncc2CNCC(C)C)s1. The summed E-state index contributed by atoms with van der Waals surface area (Å²) in [7, 11) is 0. The number of hydrogen-bond donors (Lipinski definition) is 1. The van der Waals surface area contributed by atoms with Gasteiger partial charge in [-0.15, -0.1) is 11.3 Å². The van der Waals surface area contributed by atoms with E-state index in [0.717, 1.165) is 24.6 Å². The summed E-state index contributed by atoms with van der Waals surface area (Å²) in [5.74, 6) is 0.669. The quantitative estimate of drug-likeness (QED) is 0.871. The highest BCUT2D eigenvalue weighted by atomic mass is 32.1. The zero-order chi connectivity index (χ0) is 13.0. The summed E-state index contributed by atoms with van der Waals surface area (Å²) in [6.07, 6.45) is 5.73. The third-order valence-corrected chi connectivity index (χ3v) is 3.53. The van der Waals surface area contributed by atoms with E-state index in [1.54, 1.807) is 11.3 Å². The highest BCUT2D eigenvalue weighted by Gasteiger charge is 2.05. The van der Waals surface area contributed by atoms with E-state index in [-0.39, 0.29) is 0 Å². The predicted molar refractivity (Wildman–Crippen MR) is 74.7 cm³/mol. The zero-order valence-electron chi connectivity index (χ0n) is 11.2. The first kappa shape index (κ1) is 13.2. The molecule has 5 heteroatoms. The first-order valence-electron chi connectivity index (χ1n) is 6.26. The standard InChI is InChI=1S/C13H20N4S/c1-10(2)4-14-6-12-7-15-9-17(12)8-13-16-5-11(3)18-13/h5,7,9-10,14H,4,6,8H2,1-3H3. The molecule has 2 aromatic heterocycles. The minimum absolute atomic E-state index is 0.669. The monoisotopic (exact) mass is 264 g/mol. The topological polar surface area (TPSA) is 42.7 Å². The number of imidazole rings is 1. The van der Waals surface area contributed by atoms with E-state index in [4.69, 9.17) is 0 Å². The Kier molecular flexibility index (Phi) is 4.49. The summed E-state index contributed by atoms with van der Waals surface area (Å²) in [6.45, 7) is 9.22. The van der Waals surface area contributed by atoms with E-state index in [2.05, 4.69) is 40.6 Å². The summed E-state index contributed by atoms with van der Waals surface area (Å²) >= 11 is 1.74. The predicted octanol–water partition coefficient (Wildman–Crippen LogP) is 2.44. The molecule has 0 aliphatic heterocycles. The van der Waals surface area contributed by atoms with Gasteiger partial charge in [0.15, 0.2) is 0 Å². The maximum Gasteiger partial charge on any atom is 0.113 e. The van der Waals surface area contributed by atoms with Gasteiger partial charge in [-0.1, -0.05) is 13.8 Å². The van der Waals surface area contributed by atoms with Crippen LogP contribution in [0, 0.1) is 12.8 Å². The lowest BCUT2D eigenvalue weighted by atomic mass is 10.2. The van der Waals surface area contributed by atoms with E-state index in [1.807, 2.05) is 18.7 Å². The molecule has 2 rings (SSSR count). The number of aryl methyl sites for hydroxylation is 1. The zero-order valence-corrected chi connectivity index (χ0v) is 12.0. The average molecular weight is 264 g/mol. The smallest absolute Gasteiger partial charge is 0.113 e. The molecule has 0 fully saturated rings. The maximum atomic E-state index is 4.39. The van der Waals surface area contributed by atoms with Crippen molar-refractivity contribution >= 4 is 11.3 Å². The van der Waals surface area contributed by atoms with Crippen LogP contribution >= 0.6 is 11.3 Å². The van der Waals surface area contributed by atoms with Crippen molar-refractivity contribution in [3.8, 4) is 0 Å². The van der Waals surface area contributed by atoms with E-state index in [0.29, 0.717) is 5.92 Å². The van der Waals surface area contributed by atoms with Gasteiger partial charge < -0.3 is 9.88 Å². The van der Waals surface area contributed by atoms with Crippen LogP contribution in [0.4, 0.5) is 0 Å². The van der Waals surface area contributed by atoms with Crippen molar-refractivity contribution in [2.45, 2.75) is 33.9 Å². The molecule has 98 valence electrons. The highest BCUT2D eigenvalue weighted by Crippen LogP contribution is 2.13. The largest absolute Gasteiger partial charge is 0.326 e. The summed E-state index contributed by atoms with van der Waals surface area (Å²) in [4.78, 5) is 9.87. The van der Waals surface area contributed by atoms with Crippen LogP contribution in [0.15, 0.2) is 18.7 Å². The molecule has 0 unspecified atom stereocenters. The lowest BCUT2D eigenvalue weighted by Gasteiger charge is -2.09. The van der Waals surface area contributed by atoms with Gasteiger partial charge in [0, 0.05) is 23.8 Å². The van der Waals surface area contributed by atoms with Crippen molar-refractivity contribution in [1.82, 2.24) is 19.9 Å². The lowest BCUT2D eigenvalue weighted by molar-refractivity contribution is 0.539. The number of thiazole rings is 1. The Balaban J connectivity index is 1.95. The number of hydrogen-bond acceptors (Lipinski definition) is 4. The Hall–Kier alpha value is -1.20. The van der Waals surface area contributed by atoms with Crippen molar-refractivity contribution < 1.29 is 0 Å². The summed E-state index contributed by atoms with van der Waals surface area (Å²) in [5, 5.41) is 4.58. The molecular weight excluding hydrogens is 244 g/mol. The third-order valence-electron chi connectivity index (χ3n) is 2.63. The molecule has 0 atom stereocenters. The van der Waals surface area contributed by atoms with Crippen molar-refractivity contribution in [2.75, 3.05) is 6.54 Å². The molecule has 18 heavy (non-hydrogen) atoms. The normalized spacial score (nSPS) is 11.3. The lowest BCUT2D eigenvalue weighted by Crippen LogP contribution is -2.20. The summed E-state index contributed by atoms with van der Waals surface area (Å²) in [5.41, 5.74) is 1.21. The molecule has 0 spiro atoms. The van der Waals surface area contributed by atoms with Gasteiger partial charge in [-0.2, -0.15) is 0 Å². The van der Waals surface area contributed by atoms with E-state index in [9.17, 15) is 0 Å². The molecule has 0 radical (unpaired) electrons. The Morgan fingerprint density at radius 1 is 1.39 bits per heavy atom. The Morgan fingerprint density at radius 3 is 2.89 bits per heavy atom. The summed E-state index contributed by atoms with van der Waals surface area (Å²) < 4.78 is 2.16. The minimum Gasteiger partial charge on any atom is -0.326 e. The van der Waals surface area contributed by atoms with Gasteiger partial charge in [-0.3, -0.25) is 0 Å². The van der Waals surface area contributed by atoms with E-state index < -0.39 is 0 Å². The van der Waals surface area contributed by atoms with Crippen molar-refractivity contribution in [2.24, 2.45) is 5.92 Å². The van der Waals surface area contributed by atoms with E-state index in [1.165, 1.54) is 10.6 Å². The Bertz CT molecular complexity index is 487. The maximum absolute atomic E-state index is 4.39. The van der Waals surface area contributed by atoms with Crippen LogP contribution in [0.5, 0.6) is 0 Å². The van der Waals surface area contributed by atoms with Gasteiger partial charge in [-0.05, 0) is 19.4 Å². The molecule has 1 N–H and O–H groups in total. The number of nitrogens with zero attached hydrogens (tertiary/aromatic N) is 3. The van der Waals surface area contributed by atoms with Gasteiger partial charge in [0.05, 0.1) is 18.6 Å². The van der Waals surface area contributed by atoms with Crippen LogP contribution in [-0.4, -0.2) is 21.1 Å². The fourth-order valence-electron chi connectivity index (χ4n) is 1.75. The van der Waals surface area contributed by atoms with Crippen molar-refractivity contribution in [3.05, 3.63) is 34.3 Å². The minimum atomic E-state index is 0.669. The molecule has 0 saturated heterocycles. The molecular formula is C13H20N4S. The average Bonchev–Trinajstić information content (AvgIpc) is 2.89. The van der Waals surface area contributed by atoms with Gasteiger partial charge >= 0.3 is 0 Å². The molecule has 0 amide bonds. The van der Waals surface area contributed by atoms with Crippen LogP contribution < -0.4 is 5.32 Å². The second-order valence-corrected chi connectivity index (χ2v) is 6.22. The molecule has 0 aliphatic rings. The first-order chi connectivity index (χ1) is 8.65. The Labute approximate surface area is 112 Å². The molecule has 4 nitrogen and oxygen atoms in total. The molecule has 0 saturated carbocycles. The molecule has 0 bridgehead atoms. The fraction of sp³-hybridized carbons (Fsp3) is 0.538. The van der Waals surface area contributed by atoms with Crippen LogP contribution in [0.25, 0.3) is 0 Å². The van der Waals surface area contributed by atoms with Crippen LogP contribution in [0.2, 0.25) is 0 Å². The van der Waals surface area contributed by atoms with Gasteiger partial charge in [0.1, 0.15) is 5.01 Å². The van der Waals surface area contributed by atoms with Crippen molar-refractivity contribution in [1.29, 1.82) is 0 Å². The number of nitrogens with one attached hydrogen (secondary N) is 1. The number of aromatic nitrogens is 3. The molecule has 2 heterocycles. The third kappa shape index (κ3) is 3.65. The second kappa shape index (κ2) is 6.11. The van der Waals surface area contributed by atoms with Gasteiger partial charge in [-0.25, -0.2) is 9.97 Å². The number of rotatable bonds is 6. The Morgan fingerprint density at radius 2 is 2.22 bits per heavy atom. The fourth-order valence-corrected chi connectivity index (χ4v) is 2.53. The first-order valence-corrected chi connectivity index (χ1v) is 7.08. The van der Waals surface area contributed by atoms with Gasteiger partial charge in [0.25, 0.3) is 0 Å². The van der Waals surface area contributed by atoms with Crippen LogP contribution in [0.3, 0.4) is 0 Å². The molecule has 0 aromatic carbocycles.